The molecule has 0 aromatic heterocycles. The van der Waals surface area contributed by atoms with Gasteiger partial charge in [0, 0.05) is 23.2 Å². The summed E-state index contributed by atoms with van der Waals surface area (Å²) in [5.74, 6) is -1.36. The zero-order valence-corrected chi connectivity index (χ0v) is 13.2. The molecule has 10 heteroatoms. The van der Waals surface area contributed by atoms with E-state index in [4.69, 9.17) is 17.3 Å². The lowest BCUT2D eigenvalue weighted by molar-refractivity contribution is 0.539. The Morgan fingerprint density at radius 3 is 2.62 bits per heavy atom. The number of halogens is 2. The highest BCUT2D eigenvalue weighted by Gasteiger charge is 2.32. The SMILES string of the molecule is NCc1cc(Cl)cc(S(=O)(=O)NC2CCS(=O)(=O)C2)c1F. The minimum Gasteiger partial charge on any atom is -0.326 e. The predicted octanol–water partition coefficient (Wildman–Crippen LogP) is 0.403. The minimum absolute atomic E-state index is 0.0260. The number of benzene rings is 1. The Morgan fingerprint density at radius 2 is 2.10 bits per heavy atom. The second-order valence-corrected chi connectivity index (χ2v) is 9.15. The molecule has 0 aliphatic carbocycles. The molecule has 0 amide bonds. The summed E-state index contributed by atoms with van der Waals surface area (Å²) in [7, 11) is -7.46. The summed E-state index contributed by atoms with van der Waals surface area (Å²) in [6, 6.07) is 1.46. The van der Waals surface area contributed by atoms with Crippen molar-refractivity contribution in [3.63, 3.8) is 0 Å². The van der Waals surface area contributed by atoms with Crippen LogP contribution in [0.4, 0.5) is 4.39 Å². The van der Waals surface area contributed by atoms with E-state index in [0.717, 1.165) is 6.07 Å². The molecule has 3 N–H and O–H groups in total. The molecule has 0 spiro atoms. The molecule has 0 radical (unpaired) electrons. The van der Waals surface area contributed by atoms with Gasteiger partial charge in [0.25, 0.3) is 0 Å². The lowest BCUT2D eigenvalue weighted by Crippen LogP contribution is -2.36. The first-order valence-corrected chi connectivity index (χ1v) is 9.73. The minimum atomic E-state index is -4.21. The van der Waals surface area contributed by atoms with Gasteiger partial charge in [0.05, 0.1) is 11.5 Å². The van der Waals surface area contributed by atoms with E-state index < -0.39 is 36.6 Å². The molecule has 2 rings (SSSR count). The molecule has 1 aromatic rings. The maximum Gasteiger partial charge on any atom is 0.243 e. The average Bonchev–Trinajstić information content (AvgIpc) is 2.70. The summed E-state index contributed by atoms with van der Waals surface area (Å²) in [4.78, 5) is -0.625. The van der Waals surface area contributed by atoms with Crippen LogP contribution in [0.3, 0.4) is 0 Å². The summed E-state index contributed by atoms with van der Waals surface area (Å²) in [6.45, 7) is -0.202. The van der Waals surface area contributed by atoms with Gasteiger partial charge in [0.1, 0.15) is 10.7 Å². The second kappa shape index (κ2) is 5.81. The van der Waals surface area contributed by atoms with Crippen LogP contribution in [0.1, 0.15) is 12.0 Å². The van der Waals surface area contributed by atoms with Crippen LogP contribution in [0.5, 0.6) is 0 Å². The van der Waals surface area contributed by atoms with Gasteiger partial charge >= 0.3 is 0 Å². The topological polar surface area (TPSA) is 106 Å². The second-order valence-electron chi connectivity index (χ2n) is 4.80. The fraction of sp³-hybridized carbons (Fsp3) is 0.455. The highest BCUT2D eigenvalue weighted by atomic mass is 35.5. The summed E-state index contributed by atoms with van der Waals surface area (Å²) in [5.41, 5.74) is 5.31. The number of nitrogens with two attached hydrogens (primary N) is 1. The van der Waals surface area contributed by atoms with Crippen LogP contribution in [-0.4, -0.2) is 34.4 Å². The number of sulfonamides is 1. The van der Waals surface area contributed by atoms with E-state index in [-0.39, 0.29) is 35.1 Å². The molecule has 0 bridgehead atoms. The lowest BCUT2D eigenvalue weighted by atomic mass is 10.2. The van der Waals surface area contributed by atoms with Crippen LogP contribution >= 0.6 is 11.6 Å². The van der Waals surface area contributed by atoms with E-state index in [2.05, 4.69) is 4.72 Å². The van der Waals surface area contributed by atoms with Crippen molar-refractivity contribution in [2.45, 2.75) is 23.9 Å². The number of nitrogens with one attached hydrogen (secondary N) is 1. The molecule has 1 fully saturated rings. The Labute approximate surface area is 127 Å². The Morgan fingerprint density at radius 1 is 1.43 bits per heavy atom. The van der Waals surface area contributed by atoms with Crippen molar-refractivity contribution in [1.82, 2.24) is 4.72 Å². The molecular formula is C11H14ClFN2O4S2. The first-order chi connectivity index (χ1) is 9.64. The summed E-state index contributed by atoms with van der Waals surface area (Å²) >= 11 is 5.76. The first-order valence-electron chi connectivity index (χ1n) is 6.05. The van der Waals surface area contributed by atoms with Crippen molar-refractivity contribution in [2.75, 3.05) is 11.5 Å². The molecule has 118 valence electrons. The van der Waals surface area contributed by atoms with E-state index in [1.54, 1.807) is 0 Å². The fourth-order valence-corrected chi connectivity index (χ4v) is 5.63. The number of rotatable bonds is 4. The maximum absolute atomic E-state index is 14.1. The van der Waals surface area contributed by atoms with Gasteiger partial charge in [-0.3, -0.25) is 0 Å². The van der Waals surface area contributed by atoms with Gasteiger partial charge < -0.3 is 5.73 Å². The molecule has 6 nitrogen and oxygen atoms in total. The van der Waals surface area contributed by atoms with Crippen molar-refractivity contribution in [2.24, 2.45) is 5.73 Å². The monoisotopic (exact) mass is 356 g/mol. The van der Waals surface area contributed by atoms with E-state index >= 15 is 0 Å². The van der Waals surface area contributed by atoms with E-state index in [9.17, 15) is 21.2 Å². The largest absolute Gasteiger partial charge is 0.326 e. The zero-order valence-electron chi connectivity index (χ0n) is 10.8. The molecule has 0 saturated carbocycles. The van der Waals surface area contributed by atoms with Crippen LogP contribution in [0.25, 0.3) is 0 Å². The summed E-state index contributed by atoms with van der Waals surface area (Å²) < 4.78 is 63.4. The number of sulfone groups is 1. The van der Waals surface area contributed by atoms with Crippen molar-refractivity contribution >= 4 is 31.5 Å². The van der Waals surface area contributed by atoms with Gasteiger partial charge in [0.2, 0.25) is 10.0 Å². The Bertz CT molecular complexity index is 765. The average molecular weight is 357 g/mol. The standard InChI is InChI=1S/C11H14ClFN2O4S2/c12-8-3-7(5-14)11(13)10(4-8)21(18,19)15-9-1-2-20(16,17)6-9/h3-4,9,15H,1-2,5-6,14H2. The third-order valence-corrected chi connectivity index (χ3v) is 6.65. The third-order valence-electron chi connectivity index (χ3n) is 3.14. The first kappa shape index (κ1) is 16.6. The quantitative estimate of drug-likeness (QED) is 0.812. The van der Waals surface area contributed by atoms with Crippen LogP contribution in [-0.2, 0) is 26.4 Å². The molecule has 21 heavy (non-hydrogen) atoms. The summed E-state index contributed by atoms with van der Waals surface area (Å²) in [6.07, 6.45) is 0.160. The van der Waals surface area contributed by atoms with Crippen molar-refractivity contribution in [1.29, 1.82) is 0 Å². The fourth-order valence-electron chi connectivity index (χ4n) is 2.13. The molecule has 1 aromatic carbocycles. The van der Waals surface area contributed by atoms with E-state index in [1.807, 2.05) is 0 Å². The summed E-state index contributed by atoms with van der Waals surface area (Å²) in [5, 5.41) is 0.0382. The third kappa shape index (κ3) is 3.72. The maximum atomic E-state index is 14.1. The Balaban J connectivity index is 2.34. The van der Waals surface area contributed by atoms with Gasteiger partial charge in [-0.25, -0.2) is 25.9 Å². The van der Waals surface area contributed by atoms with Crippen LogP contribution in [0.15, 0.2) is 17.0 Å². The van der Waals surface area contributed by atoms with Crippen molar-refractivity contribution in [3.8, 4) is 0 Å². The van der Waals surface area contributed by atoms with Crippen LogP contribution < -0.4 is 10.5 Å². The number of hydrogen-bond donors (Lipinski definition) is 2. The van der Waals surface area contributed by atoms with Gasteiger partial charge in [-0.1, -0.05) is 11.6 Å². The highest BCUT2D eigenvalue weighted by Crippen LogP contribution is 2.24. The molecular weight excluding hydrogens is 343 g/mol. The predicted molar refractivity (Wildman–Crippen MR) is 76.7 cm³/mol. The van der Waals surface area contributed by atoms with Gasteiger partial charge in [-0.2, -0.15) is 0 Å². The highest BCUT2D eigenvalue weighted by molar-refractivity contribution is 7.92. The smallest absolute Gasteiger partial charge is 0.243 e. The molecule has 1 heterocycles. The molecule has 1 aliphatic rings. The molecule has 1 saturated heterocycles. The Kier molecular flexibility index (Phi) is 4.60. The normalized spacial score (nSPS) is 21.6. The molecule has 1 unspecified atom stereocenters. The van der Waals surface area contributed by atoms with Crippen molar-refractivity contribution < 1.29 is 21.2 Å². The lowest BCUT2D eigenvalue weighted by Gasteiger charge is -2.14. The van der Waals surface area contributed by atoms with E-state index in [0.29, 0.717) is 0 Å². The van der Waals surface area contributed by atoms with Crippen LogP contribution in [0.2, 0.25) is 5.02 Å². The Hall–Kier alpha value is -0.740. The molecule has 1 aliphatic heterocycles. The van der Waals surface area contributed by atoms with Gasteiger partial charge in [-0.05, 0) is 18.6 Å². The van der Waals surface area contributed by atoms with Crippen molar-refractivity contribution in [3.05, 3.63) is 28.5 Å². The van der Waals surface area contributed by atoms with E-state index in [1.165, 1.54) is 6.07 Å². The van der Waals surface area contributed by atoms with Gasteiger partial charge in [-0.15, -0.1) is 0 Å². The number of hydrogen-bond acceptors (Lipinski definition) is 5. The van der Waals surface area contributed by atoms with Gasteiger partial charge in [0.15, 0.2) is 9.84 Å². The van der Waals surface area contributed by atoms with Crippen LogP contribution in [0, 0.1) is 5.82 Å². The molecule has 1 atom stereocenters. The zero-order chi connectivity index (χ0) is 15.8.